The van der Waals surface area contributed by atoms with E-state index in [9.17, 15) is 13.6 Å². The van der Waals surface area contributed by atoms with E-state index in [4.69, 9.17) is 4.74 Å². The lowest BCUT2D eigenvalue weighted by molar-refractivity contribution is 0.0952. The summed E-state index contributed by atoms with van der Waals surface area (Å²) < 4.78 is 31.5. The smallest absolute Gasteiger partial charge is 0.252 e. The van der Waals surface area contributed by atoms with E-state index < -0.39 is 0 Å². The molecule has 0 radical (unpaired) electrons. The third-order valence-electron chi connectivity index (χ3n) is 4.47. The number of carbonyl (C=O) groups excluding carboxylic acids is 1. The van der Waals surface area contributed by atoms with E-state index in [-0.39, 0.29) is 23.5 Å². The number of ether oxygens (including phenoxy) is 1. The Bertz CT molecular complexity index is 865. The molecule has 4 nitrogen and oxygen atoms in total. The monoisotopic (exact) mass is 382 g/mol. The zero-order chi connectivity index (χ0) is 19.9. The molecule has 1 heterocycles. The van der Waals surface area contributed by atoms with Gasteiger partial charge in [0.05, 0.1) is 12.7 Å². The van der Waals surface area contributed by atoms with Crippen LogP contribution in [0.2, 0.25) is 0 Å². The van der Waals surface area contributed by atoms with Crippen molar-refractivity contribution in [2.24, 2.45) is 0 Å². The zero-order valence-corrected chi connectivity index (χ0v) is 15.4. The maximum atomic E-state index is 13.3. The molecule has 1 N–H and O–H groups in total. The SMILES string of the molecule is COc1ccc(C(=O)NCCC(c2ccc(F)cc2)c2ccc(F)cc2)cn1. The zero-order valence-electron chi connectivity index (χ0n) is 15.4. The number of aromatic nitrogens is 1. The molecule has 0 saturated heterocycles. The Morgan fingerprint density at radius 3 is 2.00 bits per heavy atom. The van der Waals surface area contributed by atoms with E-state index in [0.29, 0.717) is 24.4 Å². The standard InChI is InChI=1S/C22H20F2N2O2/c1-28-21-11-6-17(14-26-21)22(27)25-13-12-20(15-2-7-18(23)8-3-15)16-4-9-19(24)10-5-16/h2-11,14,20H,12-13H2,1H3,(H,25,27). The number of rotatable bonds is 7. The highest BCUT2D eigenvalue weighted by atomic mass is 19.1. The summed E-state index contributed by atoms with van der Waals surface area (Å²) in [5, 5.41) is 2.86. The Balaban J connectivity index is 1.69. The Morgan fingerprint density at radius 1 is 0.964 bits per heavy atom. The van der Waals surface area contributed by atoms with Crippen LogP contribution in [0.5, 0.6) is 5.88 Å². The van der Waals surface area contributed by atoms with Crippen LogP contribution >= 0.6 is 0 Å². The van der Waals surface area contributed by atoms with Crippen molar-refractivity contribution in [3.63, 3.8) is 0 Å². The number of hydrogen-bond donors (Lipinski definition) is 1. The summed E-state index contributed by atoms with van der Waals surface area (Å²) in [5.74, 6) is -0.546. The molecule has 2 aromatic carbocycles. The fraction of sp³-hybridized carbons (Fsp3) is 0.182. The van der Waals surface area contributed by atoms with Crippen LogP contribution in [0.4, 0.5) is 8.78 Å². The molecule has 144 valence electrons. The molecule has 0 bridgehead atoms. The number of halogens is 2. The molecular formula is C22H20F2N2O2. The van der Waals surface area contributed by atoms with Crippen molar-refractivity contribution >= 4 is 5.91 Å². The van der Waals surface area contributed by atoms with E-state index in [1.165, 1.54) is 37.6 Å². The summed E-state index contributed by atoms with van der Waals surface area (Å²) in [6, 6.07) is 15.7. The first-order valence-corrected chi connectivity index (χ1v) is 8.86. The van der Waals surface area contributed by atoms with Crippen LogP contribution in [-0.4, -0.2) is 24.5 Å². The largest absolute Gasteiger partial charge is 0.481 e. The lowest BCUT2D eigenvalue weighted by atomic mass is 9.88. The second kappa shape index (κ2) is 9.08. The second-order valence-electron chi connectivity index (χ2n) is 6.29. The van der Waals surface area contributed by atoms with Crippen molar-refractivity contribution in [1.29, 1.82) is 0 Å². The molecular weight excluding hydrogens is 362 g/mol. The summed E-state index contributed by atoms with van der Waals surface area (Å²) in [6.07, 6.45) is 2.03. The molecule has 0 aliphatic carbocycles. The molecule has 0 atom stereocenters. The van der Waals surface area contributed by atoms with Crippen LogP contribution in [0.25, 0.3) is 0 Å². The van der Waals surface area contributed by atoms with Gasteiger partial charge in [-0.3, -0.25) is 4.79 Å². The summed E-state index contributed by atoms with van der Waals surface area (Å²) in [7, 11) is 1.51. The number of nitrogens with zero attached hydrogens (tertiary/aromatic N) is 1. The minimum absolute atomic E-state index is 0.101. The lowest BCUT2D eigenvalue weighted by Crippen LogP contribution is -2.26. The predicted molar refractivity (Wildman–Crippen MR) is 102 cm³/mol. The minimum Gasteiger partial charge on any atom is -0.481 e. The summed E-state index contributed by atoms with van der Waals surface area (Å²) in [4.78, 5) is 16.3. The van der Waals surface area contributed by atoms with E-state index in [2.05, 4.69) is 10.3 Å². The Hall–Kier alpha value is -3.28. The van der Waals surface area contributed by atoms with Gasteiger partial charge in [-0.15, -0.1) is 0 Å². The van der Waals surface area contributed by atoms with Gasteiger partial charge in [0, 0.05) is 24.7 Å². The maximum Gasteiger partial charge on any atom is 0.252 e. The fourth-order valence-electron chi connectivity index (χ4n) is 2.98. The summed E-state index contributed by atoms with van der Waals surface area (Å²) in [6.45, 7) is 0.393. The number of methoxy groups -OCH3 is 1. The molecule has 0 unspecified atom stereocenters. The number of pyridine rings is 1. The quantitative estimate of drug-likeness (QED) is 0.662. The van der Waals surface area contributed by atoms with Gasteiger partial charge in [0.15, 0.2) is 0 Å². The van der Waals surface area contributed by atoms with Crippen molar-refractivity contribution in [3.8, 4) is 5.88 Å². The molecule has 1 aromatic heterocycles. The normalized spacial score (nSPS) is 10.7. The topological polar surface area (TPSA) is 51.2 Å². The van der Waals surface area contributed by atoms with Gasteiger partial charge in [-0.1, -0.05) is 24.3 Å². The summed E-state index contributed by atoms with van der Waals surface area (Å²) >= 11 is 0. The maximum absolute atomic E-state index is 13.3. The third kappa shape index (κ3) is 4.91. The van der Waals surface area contributed by atoms with Gasteiger partial charge in [0.2, 0.25) is 5.88 Å². The van der Waals surface area contributed by atoms with E-state index >= 15 is 0 Å². The first-order chi connectivity index (χ1) is 13.6. The first kappa shape index (κ1) is 19.5. The molecule has 3 rings (SSSR count). The van der Waals surface area contributed by atoms with Crippen LogP contribution in [0.1, 0.15) is 33.8 Å². The van der Waals surface area contributed by atoms with Crippen LogP contribution in [0.3, 0.4) is 0 Å². The number of nitrogens with one attached hydrogen (secondary N) is 1. The highest BCUT2D eigenvalue weighted by molar-refractivity contribution is 5.93. The second-order valence-corrected chi connectivity index (χ2v) is 6.29. The van der Waals surface area contributed by atoms with Crippen molar-refractivity contribution in [1.82, 2.24) is 10.3 Å². The van der Waals surface area contributed by atoms with E-state index in [0.717, 1.165) is 11.1 Å². The van der Waals surface area contributed by atoms with Crippen molar-refractivity contribution in [2.75, 3.05) is 13.7 Å². The van der Waals surface area contributed by atoms with Crippen molar-refractivity contribution in [3.05, 3.63) is 95.2 Å². The van der Waals surface area contributed by atoms with Gasteiger partial charge in [-0.05, 0) is 47.9 Å². The number of carbonyl (C=O) groups is 1. The van der Waals surface area contributed by atoms with Gasteiger partial charge in [-0.2, -0.15) is 0 Å². The average molecular weight is 382 g/mol. The Labute approximate surface area is 162 Å². The molecule has 6 heteroatoms. The van der Waals surface area contributed by atoms with Crippen LogP contribution < -0.4 is 10.1 Å². The lowest BCUT2D eigenvalue weighted by Gasteiger charge is -2.18. The van der Waals surface area contributed by atoms with Crippen LogP contribution in [0.15, 0.2) is 66.9 Å². The molecule has 0 aliphatic rings. The minimum atomic E-state index is -0.318. The van der Waals surface area contributed by atoms with Gasteiger partial charge in [-0.25, -0.2) is 13.8 Å². The average Bonchev–Trinajstić information content (AvgIpc) is 2.73. The number of amides is 1. The van der Waals surface area contributed by atoms with Crippen LogP contribution in [0, 0.1) is 11.6 Å². The predicted octanol–water partition coefficient (Wildman–Crippen LogP) is 4.32. The number of hydrogen-bond acceptors (Lipinski definition) is 3. The molecule has 0 fully saturated rings. The highest BCUT2D eigenvalue weighted by Crippen LogP contribution is 2.28. The molecule has 3 aromatic rings. The fourth-order valence-corrected chi connectivity index (χ4v) is 2.98. The summed E-state index contributed by atoms with van der Waals surface area (Å²) in [5.41, 5.74) is 2.22. The van der Waals surface area contributed by atoms with Gasteiger partial charge < -0.3 is 10.1 Å². The van der Waals surface area contributed by atoms with Gasteiger partial charge in [0.25, 0.3) is 5.91 Å². The Morgan fingerprint density at radius 2 is 1.54 bits per heavy atom. The van der Waals surface area contributed by atoms with E-state index in [1.807, 2.05) is 0 Å². The first-order valence-electron chi connectivity index (χ1n) is 8.86. The molecule has 0 aliphatic heterocycles. The van der Waals surface area contributed by atoms with Crippen molar-refractivity contribution in [2.45, 2.75) is 12.3 Å². The molecule has 1 amide bonds. The van der Waals surface area contributed by atoms with E-state index in [1.54, 1.807) is 36.4 Å². The van der Waals surface area contributed by atoms with Gasteiger partial charge in [0.1, 0.15) is 11.6 Å². The molecule has 0 spiro atoms. The number of benzene rings is 2. The van der Waals surface area contributed by atoms with Crippen molar-refractivity contribution < 1.29 is 18.3 Å². The molecule has 28 heavy (non-hydrogen) atoms. The van der Waals surface area contributed by atoms with Crippen LogP contribution in [-0.2, 0) is 0 Å². The van der Waals surface area contributed by atoms with Gasteiger partial charge >= 0.3 is 0 Å². The highest BCUT2D eigenvalue weighted by Gasteiger charge is 2.15. The Kier molecular flexibility index (Phi) is 6.32. The third-order valence-corrected chi connectivity index (χ3v) is 4.47. The molecule has 0 saturated carbocycles.